The van der Waals surface area contributed by atoms with Crippen LogP contribution in [0.3, 0.4) is 0 Å². The summed E-state index contributed by atoms with van der Waals surface area (Å²) in [6, 6.07) is 9.95. The smallest absolute Gasteiger partial charge is 0.257 e. The van der Waals surface area contributed by atoms with Crippen molar-refractivity contribution in [2.75, 3.05) is 13.7 Å². The zero-order valence-corrected chi connectivity index (χ0v) is 13.5. The summed E-state index contributed by atoms with van der Waals surface area (Å²) < 4.78 is 6.74. The highest BCUT2D eigenvalue weighted by Crippen LogP contribution is 2.13. The van der Waals surface area contributed by atoms with Gasteiger partial charge in [-0.15, -0.1) is 0 Å². The molecule has 0 spiro atoms. The predicted molar refractivity (Wildman–Crippen MR) is 88.9 cm³/mol. The standard InChI is InChI=1S/C17H19N3O4/c1-18-15(21)11-24-14-5-3-4-12(8-14)10-19-17(23)13-6-7-20(2)16(22)9-13/h3-9H,10-11H2,1-2H3,(H,18,21)(H,19,23). The lowest BCUT2D eigenvalue weighted by atomic mass is 10.2. The third kappa shape index (κ3) is 4.70. The normalized spacial score (nSPS) is 10.1. The summed E-state index contributed by atoms with van der Waals surface area (Å²) >= 11 is 0. The van der Waals surface area contributed by atoms with Crippen LogP contribution in [0.25, 0.3) is 0 Å². The molecule has 0 aliphatic rings. The Kier molecular flexibility index (Phi) is 5.73. The summed E-state index contributed by atoms with van der Waals surface area (Å²) in [5.74, 6) is -0.0114. The Hall–Kier alpha value is -3.09. The summed E-state index contributed by atoms with van der Waals surface area (Å²) in [6.07, 6.45) is 1.55. The lowest BCUT2D eigenvalue weighted by Crippen LogP contribution is -2.26. The van der Waals surface area contributed by atoms with Crippen molar-refractivity contribution in [2.45, 2.75) is 6.54 Å². The summed E-state index contributed by atoms with van der Waals surface area (Å²) in [5, 5.41) is 5.21. The second-order valence-electron chi connectivity index (χ2n) is 5.16. The molecule has 24 heavy (non-hydrogen) atoms. The van der Waals surface area contributed by atoms with Crippen LogP contribution in [0.2, 0.25) is 0 Å². The van der Waals surface area contributed by atoms with Crippen molar-refractivity contribution in [1.29, 1.82) is 0 Å². The molecule has 2 amide bonds. The van der Waals surface area contributed by atoms with Gasteiger partial charge >= 0.3 is 0 Å². The van der Waals surface area contributed by atoms with Gasteiger partial charge in [-0.3, -0.25) is 14.4 Å². The number of ether oxygens (including phenoxy) is 1. The van der Waals surface area contributed by atoms with Gasteiger partial charge in [-0.05, 0) is 23.8 Å². The molecule has 0 saturated heterocycles. The molecule has 126 valence electrons. The molecule has 7 heteroatoms. The van der Waals surface area contributed by atoms with E-state index in [2.05, 4.69) is 10.6 Å². The van der Waals surface area contributed by atoms with Crippen molar-refractivity contribution in [2.24, 2.45) is 7.05 Å². The van der Waals surface area contributed by atoms with Gasteiger partial charge in [0.25, 0.3) is 17.4 Å². The highest BCUT2D eigenvalue weighted by atomic mass is 16.5. The van der Waals surface area contributed by atoms with Gasteiger partial charge in [-0.1, -0.05) is 12.1 Å². The number of amides is 2. The second kappa shape index (κ2) is 7.96. The van der Waals surface area contributed by atoms with Crippen molar-refractivity contribution in [1.82, 2.24) is 15.2 Å². The molecule has 1 heterocycles. The zero-order valence-electron chi connectivity index (χ0n) is 13.5. The number of rotatable bonds is 6. The maximum Gasteiger partial charge on any atom is 0.257 e. The van der Waals surface area contributed by atoms with E-state index < -0.39 is 0 Å². The Bertz CT molecular complexity index is 798. The number of carbonyl (C=O) groups excluding carboxylic acids is 2. The van der Waals surface area contributed by atoms with Gasteiger partial charge in [-0.2, -0.15) is 0 Å². The molecule has 0 unspecified atom stereocenters. The number of nitrogens with one attached hydrogen (secondary N) is 2. The first-order chi connectivity index (χ1) is 11.5. The van der Waals surface area contributed by atoms with Crippen LogP contribution in [0.15, 0.2) is 47.4 Å². The van der Waals surface area contributed by atoms with E-state index in [1.807, 2.05) is 6.07 Å². The van der Waals surface area contributed by atoms with Crippen molar-refractivity contribution in [3.63, 3.8) is 0 Å². The third-order valence-electron chi connectivity index (χ3n) is 3.37. The molecule has 0 aliphatic carbocycles. The molecule has 2 N–H and O–H groups in total. The lowest BCUT2D eigenvalue weighted by molar-refractivity contribution is -0.122. The molecule has 2 aromatic rings. The molecule has 0 radical (unpaired) electrons. The average Bonchev–Trinajstić information content (AvgIpc) is 2.60. The van der Waals surface area contributed by atoms with E-state index in [9.17, 15) is 14.4 Å². The molecule has 0 saturated carbocycles. The van der Waals surface area contributed by atoms with Gasteiger partial charge in [0, 0.05) is 38.5 Å². The van der Waals surface area contributed by atoms with E-state index in [0.717, 1.165) is 5.56 Å². The topological polar surface area (TPSA) is 89.4 Å². The summed E-state index contributed by atoms with van der Waals surface area (Å²) in [7, 11) is 3.16. The fraction of sp³-hybridized carbons (Fsp3) is 0.235. The van der Waals surface area contributed by atoms with E-state index in [4.69, 9.17) is 4.74 Å². The minimum Gasteiger partial charge on any atom is -0.484 e. The quantitative estimate of drug-likeness (QED) is 0.805. The molecular formula is C17H19N3O4. The van der Waals surface area contributed by atoms with Crippen LogP contribution < -0.4 is 20.9 Å². The molecule has 2 rings (SSSR count). The van der Waals surface area contributed by atoms with Crippen molar-refractivity contribution >= 4 is 11.8 Å². The van der Waals surface area contributed by atoms with Gasteiger partial charge in [0.1, 0.15) is 5.75 Å². The number of hydrogen-bond acceptors (Lipinski definition) is 4. The van der Waals surface area contributed by atoms with E-state index in [0.29, 0.717) is 11.3 Å². The Morgan fingerprint density at radius 2 is 2.00 bits per heavy atom. The summed E-state index contributed by atoms with van der Waals surface area (Å²) in [4.78, 5) is 34.8. The van der Waals surface area contributed by atoms with Crippen LogP contribution >= 0.6 is 0 Å². The number of nitrogens with zero attached hydrogens (tertiary/aromatic N) is 1. The fourth-order valence-corrected chi connectivity index (χ4v) is 1.94. The van der Waals surface area contributed by atoms with Gasteiger partial charge in [0.15, 0.2) is 6.61 Å². The van der Waals surface area contributed by atoms with Crippen molar-refractivity contribution in [3.05, 3.63) is 64.1 Å². The Morgan fingerprint density at radius 3 is 2.71 bits per heavy atom. The van der Waals surface area contributed by atoms with Gasteiger partial charge in [0.2, 0.25) is 0 Å². The second-order valence-corrected chi connectivity index (χ2v) is 5.16. The highest BCUT2D eigenvalue weighted by molar-refractivity contribution is 5.93. The van der Waals surface area contributed by atoms with Gasteiger partial charge < -0.3 is 19.9 Å². The maximum absolute atomic E-state index is 12.1. The average molecular weight is 329 g/mol. The Labute approximate surface area is 139 Å². The molecule has 1 aromatic heterocycles. The van der Waals surface area contributed by atoms with Crippen LogP contribution in [0.4, 0.5) is 0 Å². The van der Waals surface area contributed by atoms with Gasteiger partial charge in [-0.25, -0.2) is 0 Å². The predicted octanol–water partition coefficient (Wildman–Crippen LogP) is 0.440. The minimum atomic E-state index is -0.329. The van der Waals surface area contributed by atoms with Crippen molar-refractivity contribution < 1.29 is 14.3 Å². The first-order valence-corrected chi connectivity index (χ1v) is 7.37. The summed E-state index contributed by atoms with van der Waals surface area (Å²) in [5.41, 5.74) is 0.888. The lowest BCUT2D eigenvalue weighted by Gasteiger charge is -2.09. The van der Waals surface area contributed by atoms with E-state index >= 15 is 0 Å². The number of likely N-dealkylation sites (N-methyl/N-ethyl adjacent to an activating group) is 1. The Balaban J connectivity index is 1.96. The monoisotopic (exact) mass is 329 g/mol. The molecule has 0 fully saturated rings. The summed E-state index contributed by atoms with van der Waals surface area (Å²) in [6.45, 7) is 0.213. The van der Waals surface area contributed by atoms with E-state index in [1.54, 1.807) is 37.5 Å². The number of pyridine rings is 1. The first kappa shape index (κ1) is 17.3. The molecule has 7 nitrogen and oxygen atoms in total. The molecular weight excluding hydrogens is 310 g/mol. The maximum atomic E-state index is 12.1. The molecule has 0 atom stereocenters. The molecule has 0 aliphatic heterocycles. The zero-order chi connectivity index (χ0) is 17.5. The highest BCUT2D eigenvalue weighted by Gasteiger charge is 2.07. The van der Waals surface area contributed by atoms with Crippen LogP contribution in [0, 0.1) is 0 Å². The van der Waals surface area contributed by atoms with Crippen LogP contribution in [-0.4, -0.2) is 30.0 Å². The first-order valence-electron chi connectivity index (χ1n) is 7.37. The number of aryl methyl sites for hydroxylation is 1. The van der Waals surface area contributed by atoms with Crippen LogP contribution in [-0.2, 0) is 18.4 Å². The molecule has 1 aromatic carbocycles. The van der Waals surface area contributed by atoms with Crippen molar-refractivity contribution in [3.8, 4) is 5.75 Å². The number of benzene rings is 1. The Morgan fingerprint density at radius 1 is 1.21 bits per heavy atom. The van der Waals surface area contributed by atoms with Crippen LogP contribution in [0.5, 0.6) is 5.75 Å². The largest absolute Gasteiger partial charge is 0.484 e. The third-order valence-corrected chi connectivity index (χ3v) is 3.37. The number of carbonyl (C=O) groups is 2. The molecule has 0 bridgehead atoms. The number of aromatic nitrogens is 1. The van der Waals surface area contributed by atoms with Crippen LogP contribution in [0.1, 0.15) is 15.9 Å². The fourth-order valence-electron chi connectivity index (χ4n) is 1.94. The number of hydrogen-bond donors (Lipinski definition) is 2. The van der Waals surface area contributed by atoms with E-state index in [1.165, 1.54) is 17.7 Å². The minimum absolute atomic E-state index is 0.0698. The van der Waals surface area contributed by atoms with Gasteiger partial charge in [0.05, 0.1) is 0 Å². The van der Waals surface area contributed by atoms with E-state index in [-0.39, 0.29) is 30.5 Å². The SMILES string of the molecule is CNC(=O)COc1cccc(CNC(=O)c2ccn(C)c(=O)c2)c1.